The molecule has 1 aromatic rings. The van der Waals surface area contributed by atoms with E-state index in [0.717, 1.165) is 17.9 Å². The molecule has 1 N–H and O–H groups in total. The molecule has 0 aromatic heterocycles. The van der Waals surface area contributed by atoms with Crippen LogP contribution in [0.1, 0.15) is 34.1 Å². The van der Waals surface area contributed by atoms with E-state index in [1.807, 2.05) is 52.0 Å². The largest absolute Gasteiger partial charge is 0.491 e. The predicted molar refractivity (Wildman–Crippen MR) is 70.3 cm³/mol. The topological polar surface area (TPSA) is 38.3 Å². The Labute approximate surface area is 103 Å². The third-order valence-corrected chi connectivity index (χ3v) is 2.55. The summed E-state index contributed by atoms with van der Waals surface area (Å²) in [7, 11) is 0. The zero-order valence-corrected chi connectivity index (χ0v) is 11.0. The summed E-state index contributed by atoms with van der Waals surface area (Å²) in [5, 5.41) is 2.88. The van der Waals surface area contributed by atoms with Crippen molar-refractivity contribution in [2.75, 3.05) is 5.32 Å². The second kappa shape index (κ2) is 6.28. The lowest BCUT2D eigenvalue weighted by Gasteiger charge is -2.12. The van der Waals surface area contributed by atoms with Crippen molar-refractivity contribution in [1.29, 1.82) is 0 Å². The van der Waals surface area contributed by atoms with Crippen molar-refractivity contribution in [2.24, 2.45) is 5.92 Å². The van der Waals surface area contributed by atoms with Gasteiger partial charge in [0.1, 0.15) is 5.75 Å². The lowest BCUT2D eigenvalue weighted by atomic mass is 10.1. The number of amides is 1. The zero-order valence-electron chi connectivity index (χ0n) is 11.0. The molecule has 0 heterocycles. The number of benzene rings is 1. The summed E-state index contributed by atoms with van der Waals surface area (Å²) in [6.07, 6.45) is 1.01. The average Bonchev–Trinajstić information content (AvgIpc) is 2.30. The highest BCUT2D eigenvalue weighted by Gasteiger charge is 2.10. The van der Waals surface area contributed by atoms with Gasteiger partial charge in [0.25, 0.3) is 0 Å². The number of hydrogen-bond acceptors (Lipinski definition) is 2. The number of hydrogen-bond donors (Lipinski definition) is 1. The molecule has 3 heteroatoms. The number of ether oxygens (including phenoxy) is 1. The maximum Gasteiger partial charge on any atom is 0.227 e. The van der Waals surface area contributed by atoms with Crippen LogP contribution in [0.25, 0.3) is 0 Å². The Bertz CT molecular complexity index is 357. The van der Waals surface area contributed by atoms with Crippen LogP contribution in [-0.2, 0) is 4.79 Å². The van der Waals surface area contributed by atoms with Crippen LogP contribution >= 0.6 is 0 Å². The van der Waals surface area contributed by atoms with Crippen LogP contribution in [0.5, 0.6) is 5.75 Å². The van der Waals surface area contributed by atoms with E-state index in [9.17, 15) is 4.79 Å². The number of rotatable bonds is 5. The Kier molecular flexibility index (Phi) is 5.01. The molecular weight excluding hydrogens is 214 g/mol. The van der Waals surface area contributed by atoms with Crippen molar-refractivity contribution in [3.8, 4) is 5.75 Å². The molecule has 17 heavy (non-hydrogen) atoms. The molecule has 1 atom stereocenters. The quantitative estimate of drug-likeness (QED) is 0.848. The third-order valence-electron chi connectivity index (χ3n) is 2.55. The van der Waals surface area contributed by atoms with E-state index < -0.39 is 0 Å². The standard InChI is InChI=1S/C14H21NO2/c1-5-11(4)14(16)15-12-6-8-13(9-7-12)17-10(2)3/h6-11H,5H2,1-4H3,(H,15,16)/t11-/m1/s1. The summed E-state index contributed by atoms with van der Waals surface area (Å²) in [5.41, 5.74) is 0.811. The summed E-state index contributed by atoms with van der Waals surface area (Å²) < 4.78 is 5.53. The zero-order chi connectivity index (χ0) is 12.8. The van der Waals surface area contributed by atoms with E-state index in [1.54, 1.807) is 0 Å². The van der Waals surface area contributed by atoms with Crippen LogP contribution in [0, 0.1) is 5.92 Å². The van der Waals surface area contributed by atoms with Gasteiger partial charge in [-0.15, -0.1) is 0 Å². The molecule has 0 spiro atoms. The number of anilines is 1. The Morgan fingerprint density at radius 2 is 1.82 bits per heavy atom. The van der Waals surface area contributed by atoms with Crippen molar-refractivity contribution in [1.82, 2.24) is 0 Å². The number of nitrogens with one attached hydrogen (secondary N) is 1. The first-order chi connectivity index (χ1) is 8.02. The van der Waals surface area contributed by atoms with Gasteiger partial charge in [0.2, 0.25) is 5.91 Å². The van der Waals surface area contributed by atoms with Crippen LogP contribution in [-0.4, -0.2) is 12.0 Å². The van der Waals surface area contributed by atoms with Gasteiger partial charge in [-0.3, -0.25) is 4.79 Å². The van der Waals surface area contributed by atoms with Crippen molar-refractivity contribution in [3.63, 3.8) is 0 Å². The Hall–Kier alpha value is -1.51. The van der Waals surface area contributed by atoms with Gasteiger partial charge in [-0.25, -0.2) is 0 Å². The molecule has 1 aromatic carbocycles. The molecule has 0 saturated heterocycles. The van der Waals surface area contributed by atoms with Crippen molar-refractivity contribution >= 4 is 11.6 Å². The molecule has 0 bridgehead atoms. The fourth-order valence-corrected chi connectivity index (χ4v) is 1.34. The van der Waals surface area contributed by atoms with Crippen LogP contribution in [0.15, 0.2) is 24.3 Å². The summed E-state index contributed by atoms with van der Waals surface area (Å²) >= 11 is 0. The van der Waals surface area contributed by atoms with Gasteiger partial charge in [-0.1, -0.05) is 13.8 Å². The van der Waals surface area contributed by atoms with E-state index in [2.05, 4.69) is 5.32 Å². The highest BCUT2D eigenvalue weighted by Crippen LogP contribution is 2.17. The predicted octanol–water partition coefficient (Wildman–Crippen LogP) is 3.46. The smallest absolute Gasteiger partial charge is 0.227 e. The SMILES string of the molecule is CC[C@@H](C)C(=O)Nc1ccc(OC(C)C)cc1. The minimum Gasteiger partial charge on any atom is -0.491 e. The first kappa shape index (κ1) is 13.6. The molecule has 94 valence electrons. The van der Waals surface area contributed by atoms with E-state index in [4.69, 9.17) is 4.74 Å². The Morgan fingerprint density at radius 1 is 1.24 bits per heavy atom. The summed E-state index contributed by atoms with van der Waals surface area (Å²) in [5.74, 6) is 0.924. The fraction of sp³-hybridized carbons (Fsp3) is 0.500. The van der Waals surface area contributed by atoms with Gasteiger partial charge in [0, 0.05) is 11.6 Å². The molecule has 0 aliphatic rings. The minimum atomic E-state index is 0.0431. The third kappa shape index (κ3) is 4.47. The number of carbonyl (C=O) groups is 1. The normalized spacial score (nSPS) is 12.3. The Morgan fingerprint density at radius 3 is 2.29 bits per heavy atom. The summed E-state index contributed by atoms with van der Waals surface area (Å²) in [6.45, 7) is 7.90. The van der Waals surface area contributed by atoms with Gasteiger partial charge in [-0.2, -0.15) is 0 Å². The summed E-state index contributed by atoms with van der Waals surface area (Å²) in [6, 6.07) is 7.45. The maximum absolute atomic E-state index is 11.7. The van der Waals surface area contributed by atoms with Crippen LogP contribution < -0.4 is 10.1 Å². The van der Waals surface area contributed by atoms with Gasteiger partial charge >= 0.3 is 0 Å². The molecular formula is C14H21NO2. The first-order valence-electron chi connectivity index (χ1n) is 6.10. The fourth-order valence-electron chi connectivity index (χ4n) is 1.34. The lowest BCUT2D eigenvalue weighted by Crippen LogP contribution is -2.19. The van der Waals surface area contributed by atoms with Gasteiger partial charge in [-0.05, 0) is 44.5 Å². The van der Waals surface area contributed by atoms with Crippen molar-refractivity contribution < 1.29 is 9.53 Å². The maximum atomic E-state index is 11.7. The molecule has 0 aliphatic heterocycles. The van der Waals surface area contributed by atoms with Crippen molar-refractivity contribution in [3.05, 3.63) is 24.3 Å². The molecule has 3 nitrogen and oxygen atoms in total. The molecule has 0 radical (unpaired) electrons. The lowest BCUT2D eigenvalue weighted by molar-refractivity contribution is -0.119. The second-order valence-corrected chi connectivity index (χ2v) is 4.49. The highest BCUT2D eigenvalue weighted by molar-refractivity contribution is 5.92. The monoisotopic (exact) mass is 235 g/mol. The molecule has 0 saturated carbocycles. The molecule has 0 aliphatic carbocycles. The molecule has 1 amide bonds. The molecule has 1 rings (SSSR count). The highest BCUT2D eigenvalue weighted by atomic mass is 16.5. The van der Waals surface area contributed by atoms with Crippen molar-refractivity contribution in [2.45, 2.75) is 40.2 Å². The Balaban J connectivity index is 2.59. The van der Waals surface area contributed by atoms with Crippen LogP contribution in [0.3, 0.4) is 0 Å². The minimum absolute atomic E-state index is 0.0431. The van der Waals surface area contributed by atoms with E-state index in [1.165, 1.54) is 0 Å². The molecule has 0 fully saturated rings. The van der Waals surface area contributed by atoms with E-state index in [-0.39, 0.29) is 17.9 Å². The van der Waals surface area contributed by atoms with Gasteiger partial charge in [0.05, 0.1) is 6.10 Å². The second-order valence-electron chi connectivity index (χ2n) is 4.49. The van der Waals surface area contributed by atoms with Crippen LogP contribution in [0.4, 0.5) is 5.69 Å². The first-order valence-corrected chi connectivity index (χ1v) is 6.10. The van der Waals surface area contributed by atoms with E-state index >= 15 is 0 Å². The number of carbonyl (C=O) groups excluding carboxylic acids is 1. The average molecular weight is 235 g/mol. The summed E-state index contributed by atoms with van der Waals surface area (Å²) in [4.78, 5) is 11.7. The van der Waals surface area contributed by atoms with Gasteiger partial charge in [0.15, 0.2) is 0 Å². The van der Waals surface area contributed by atoms with Crippen LogP contribution in [0.2, 0.25) is 0 Å². The molecule has 0 unspecified atom stereocenters. The van der Waals surface area contributed by atoms with E-state index in [0.29, 0.717) is 0 Å². The van der Waals surface area contributed by atoms with Gasteiger partial charge < -0.3 is 10.1 Å².